The van der Waals surface area contributed by atoms with E-state index in [1.54, 1.807) is 18.1 Å². The minimum Gasteiger partial charge on any atom is -0.497 e. The van der Waals surface area contributed by atoms with Crippen molar-refractivity contribution in [3.63, 3.8) is 0 Å². The van der Waals surface area contributed by atoms with Gasteiger partial charge in [0, 0.05) is 49.3 Å². The van der Waals surface area contributed by atoms with Crippen molar-refractivity contribution in [1.82, 2.24) is 9.47 Å². The molecule has 2 aromatic rings. The summed E-state index contributed by atoms with van der Waals surface area (Å²) in [6.07, 6.45) is 1.74. The second-order valence-corrected chi connectivity index (χ2v) is 7.94. The van der Waals surface area contributed by atoms with Gasteiger partial charge in [-0.3, -0.25) is 4.79 Å². The summed E-state index contributed by atoms with van der Waals surface area (Å²) in [5.41, 5.74) is 4.44. The third kappa shape index (κ3) is 4.35. The number of anilines is 1. The zero-order valence-corrected chi connectivity index (χ0v) is 18.5. The molecule has 0 aliphatic carbocycles. The number of carbonyl (C=O) groups excluding carboxylic acids is 1. The monoisotopic (exact) mass is 406 g/mol. The molecule has 0 N–H and O–H groups in total. The van der Waals surface area contributed by atoms with E-state index in [9.17, 15) is 10.1 Å². The van der Waals surface area contributed by atoms with Crippen molar-refractivity contribution in [2.24, 2.45) is 0 Å². The van der Waals surface area contributed by atoms with E-state index in [1.807, 2.05) is 37.3 Å². The second kappa shape index (κ2) is 9.08. The van der Waals surface area contributed by atoms with Crippen LogP contribution in [0.15, 0.2) is 35.9 Å². The van der Waals surface area contributed by atoms with E-state index in [4.69, 9.17) is 4.74 Å². The van der Waals surface area contributed by atoms with Crippen LogP contribution in [-0.2, 0) is 4.79 Å². The Hall–Kier alpha value is -3.20. The van der Waals surface area contributed by atoms with E-state index in [2.05, 4.69) is 36.3 Å². The number of ether oxygens (including phenoxy) is 1. The molecule has 1 amide bonds. The Morgan fingerprint density at radius 1 is 1.13 bits per heavy atom. The van der Waals surface area contributed by atoms with Gasteiger partial charge in [-0.25, -0.2) is 0 Å². The maximum absolute atomic E-state index is 13.0. The minimum absolute atomic E-state index is 0.192. The highest BCUT2D eigenvalue weighted by molar-refractivity contribution is 6.02. The van der Waals surface area contributed by atoms with Gasteiger partial charge in [0.2, 0.25) is 0 Å². The number of rotatable bonds is 5. The van der Waals surface area contributed by atoms with Crippen molar-refractivity contribution in [3.8, 4) is 11.8 Å². The van der Waals surface area contributed by atoms with Crippen molar-refractivity contribution in [3.05, 3.63) is 52.9 Å². The molecule has 1 fully saturated rings. The molecular weight excluding hydrogens is 376 g/mol. The lowest BCUT2D eigenvalue weighted by Gasteiger charge is -2.36. The van der Waals surface area contributed by atoms with Crippen LogP contribution in [-0.4, -0.2) is 48.7 Å². The third-order valence-electron chi connectivity index (χ3n) is 5.70. The Balaban J connectivity index is 1.71. The van der Waals surface area contributed by atoms with Gasteiger partial charge in [0.15, 0.2) is 0 Å². The number of nitriles is 1. The van der Waals surface area contributed by atoms with Gasteiger partial charge in [-0.15, -0.1) is 0 Å². The van der Waals surface area contributed by atoms with Crippen LogP contribution >= 0.6 is 0 Å². The lowest BCUT2D eigenvalue weighted by molar-refractivity contribution is -0.126. The highest BCUT2D eigenvalue weighted by Gasteiger charge is 2.24. The summed E-state index contributed by atoms with van der Waals surface area (Å²) in [7, 11) is 1.65. The number of hydrogen-bond acceptors (Lipinski definition) is 4. The average Bonchev–Trinajstić information content (AvgIpc) is 3.04. The predicted molar refractivity (Wildman–Crippen MR) is 120 cm³/mol. The fourth-order valence-corrected chi connectivity index (χ4v) is 4.17. The number of aromatic nitrogens is 1. The summed E-state index contributed by atoms with van der Waals surface area (Å²) in [4.78, 5) is 17.0. The highest BCUT2D eigenvalue weighted by atomic mass is 16.5. The van der Waals surface area contributed by atoms with Gasteiger partial charge in [0.1, 0.15) is 17.4 Å². The fourth-order valence-electron chi connectivity index (χ4n) is 4.17. The zero-order chi connectivity index (χ0) is 21.8. The smallest absolute Gasteiger partial charge is 0.264 e. The molecule has 158 valence electrons. The molecule has 1 aliphatic rings. The highest BCUT2D eigenvalue weighted by Crippen LogP contribution is 2.24. The number of amides is 1. The van der Waals surface area contributed by atoms with E-state index in [0.717, 1.165) is 41.5 Å². The van der Waals surface area contributed by atoms with E-state index in [1.165, 1.54) is 0 Å². The molecular formula is C24H30N4O2. The summed E-state index contributed by atoms with van der Waals surface area (Å²) in [6.45, 7) is 11.0. The molecule has 6 heteroatoms. The summed E-state index contributed by atoms with van der Waals surface area (Å²) in [5, 5.41) is 9.65. The molecule has 0 unspecified atom stereocenters. The minimum atomic E-state index is -0.193. The van der Waals surface area contributed by atoms with Gasteiger partial charge in [-0.2, -0.15) is 5.26 Å². The molecule has 0 bridgehead atoms. The standard InChI is InChI=1S/C24H30N4O2/c1-17(2)28-18(3)14-20(19(28)4)15-21(16-25)24(29)27-12-10-26(11-13-27)22-6-8-23(30-5)9-7-22/h6-9,14-15,17H,10-13H2,1-5H3/b21-15+. The van der Waals surface area contributed by atoms with Crippen LogP contribution in [0.3, 0.4) is 0 Å². The molecule has 2 heterocycles. The first-order chi connectivity index (χ1) is 14.3. The van der Waals surface area contributed by atoms with Gasteiger partial charge in [-0.1, -0.05) is 0 Å². The molecule has 1 aromatic heterocycles. The number of benzene rings is 1. The molecule has 30 heavy (non-hydrogen) atoms. The van der Waals surface area contributed by atoms with E-state index >= 15 is 0 Å². The van der Waals surface area contributed by atoms with Crippen molar-refractivity contribution < 1.29 is 9.53 Å². The Bertz CT molecular complexity index is 972. The van der Waals surface area contributed by atoms with Gasteiger partial charge >= 0.3 is 0 Å². The molecule has 1 saturated heterocycles. The van der Waals surface area contributed by atoms with Gasteiger partial charge in [-0.05, 0) is 69.7 Å². The molecule has 1 aromatic carbocycles. The third-order valence-corrected chi connectivity index (χ3v) is 5.70. The largest absolute Gasteiger partial charge is 0.497 e. The van der Waals surface area contributed by atoms with Crippen LogP contribution in [0.5, 0.6) is 5.75 Å². The molecule has 0 radical (unpaired) electrons. The Morgan fingerprint density at radius 2 is 1.77 bits per heavy atom. The van der Waals surface area contributed by atoms with Gasteiger partial charge in [0.25, 0.3) is 5.91 Å². The summed E-state index contributed by atoms with van der Waals surface area (Å²) >= 11 is 0. The van der Waals surface area contributed by atoms with Crippen molar-refractivity contribution >= 4 is 17.7 Å². The predicted octanol–water partition coefficient (Wildman–Crippen LogP) is 3.95. The molecule has 3 rings (SSSR count). The van der Waals surface area contributed by atoms with Crippen LogP contribution in [0.1, 0.15) is 36.8 Å². The topological polar surface area (TPSA) is 61.5 Å². The number of carbonyl (C=O) groups is 1. The second-order valence-electron chi connectivity index (χ2n) is 7.94. The molecule has 6 nitrogen and oxygen atoms in total. The quantitative estimate of drug-likeness (QED) is 0.557. The summed E-state index contributed by atoms with van der Waals surface area (Å²) < 4.78 is 7.43. The van der Waals surface area contributed by atoms with E-state index < -0.39 is 0 Å². The lowest BCUT2D eigenvalue weighted by Crippen LogP contribution is -2.49. The van der Waals surface area contributed by atoms with Crippen LogP contribution in [0.4, 0.5) is 5.69 Å². The molecule has 0 saturated carbocycles. The number of hydrogen-bond donors (Lipinski definition) is 0. The number of methoxy groups -OCH3 is 1. The fraction of sp³-hybridized carbons (Fsp3) is 0.417. The van der Waals surface area contributed by atoms with Crippen molar-refractivity contribution in [1.29, 1.82) is 5.26 Å². The molecule has 0 spiro atoms. The Labute approximate surface area is 179 Å². The first-order valence-electron chi connectivity index (χ1n) is 10.3. The Morgan fingerprint density at radius 3 is 2.27 bits per heavy atom. The van der Waals surface area contributed by atoms with Gasteiger partial charge in [0.05, 0.1) is 7.11 Å². The summed E-state index contributed by atoms with van der Waals surface area (Å²) in [6, 6.07) is 12.4. The lowest BCUT2D eigenvalue weighted by atomic mass is 10.1. The van der Waals surface area contributed by atoms with Crippen molar-refractivity contribution in [2.45, 2.75) is 33.7 Å². The van der Waals surface area contributed by atoms with Gasteiger partial charge < -0.3 is 19.1 Å². The number of nitrogens with zero attached hydrogens (tertiary/aromatic N) is 4. The zero-order valence-electron chi connectivity index (χ0n) is 18.5. The first-order valence-corrected chi connectivity index (χ1v) is 10.3. The van der Waals surface area contributed by atoms with Crippen LogP contribution in [0, 0.1) is 25.2 Å². The van der Waals surface area contributed by atoms with Crippen LogP contribution in [0.25, 0.3) is 6.08 Å². The first kappa shape index (κ1) is 21.5. The molecule has 1 aliphatic heterocycles. The van der Waals surface area contributed by atoms with Crippen LogP contribution in [0.2, 0.25) is 0 Å². The Kier molecular flexibility index (Phi) is 6.51. The number of piperazine rings is 1. The maximum Gasteiger partial charge on any atom is 0.264 e. The number of aryl methyl sites for hydroxylation is 1. The normalized spacial score (nSPS) is 14.8. The van der Waals surface area contributed by atoms with Crippen molar-refractivity contribution in [2.75, 3.05) is 38.2 Å². The average molecular weight is 407 g/mol. The van der Waals surface area contributed by atoms with E-state index in [-0.39, 0.29) is 11.5 Å². The summed E-state index contributed by atoms with van der Waals surface area (Å²) in [5.74, 6) is 0.634. The van der Waals surface area contributed by atoms with E-state index in [0.29, 0.717) is 19.1 Å². The van der Waals surface area contributed by atoms with Crippen LogP contribution < -0.4 is 9.64 Å². The SMILES string of the molecule is COc1ccc(N2CCN(C(=O)/C(C#N)=C/c3cc(C)n(C(C)C)c3C)CC2)cc1. The molecule has 0 atom stereocenters. The maximum atomic E-state index is 13.0.